The number of nitrogens with zero attached hydrogens (tertiary/aromatic N) is 3. The fraction of sp³-hybridized carbons (Fsp3) is 0.536. The van der Waals surface area contributed by atoms with Crippen LogP contribution < -0.4 is 5.73 Å². The number of fused-ring (bicyclic) bond motifs is 1. The van der Waals surface area contributed by atoms with Crippen LogP contribution in [0.1, 0.15) is 55.5 Å². The van der Waals surface area contributed by atoms with Gasteiger partial charge in [-0.25, -0.2) is 0 Å². The Bertz CT molecular complexity index is 929. The first-order chi connectivity index (χ1) is 16.3. The summed E-state index contributed by atoms with van der Waals surface area (Å²) in [6.07, 6.45) is 16.1. The lowest BCUT2D eigenvalue weighted by Gasteiger charge is -2.34. The zero-order valence-electron chi connectivity index (χ0n) is 20.7. The van der Waals surface area contributed by atoms with E-state index >= 15 is 0 Å². The number of aliphatic hydroxyl groups is 1. The fourth-order valence-corrected chi connectivity index (χ4v) is 5.48. The van der Waals surface area contributed by atoms with E-state index in [9.17, 15) is 9.90 Å². The Kier molecular flexibility index (Phi) is 7.91. The van der Waals surface area contributed by atoms with Crippen molar-refractivity contribution >= 4 is 5.91 Å². The van der Waals surface area contributed by atoms with Crippen molar-refractivity contribution in [2.24, 2.45) is 11.7 Å². The molecule has 6 nitrogen and oxygen atoms in total. The Hall–Kier alpha value is -2.41. The highest BCUT2D eigenvalue weighted by Gasteiger charge is 2.33. The molecule has 3 N–H and O–H groups in total. The number of hydrogen-bond donors (Lipinski definition) is 2. The molecule has 1 aromatic carbocycles. The maximum absolute atomic E-state index is 11.4. The number of β-amino-alcohol motifs (C(OH)–C–C–N with tert-alkyl or cyclic N) is 1. The number of carbonyl (C=O) groups is 1. The maximum Gasteiger partial charge on any atom is 0.248 e. The minimum Gasteiger partial charge on any atom is -0.389 e. The summed E-state index contributed by atoms with van der Waals surface area (Å²) < 4.78 is 0. The van der Waals surface area contributed by atoms with E-state index in [1.54, 1.807) is 0 Å². The summed E-state index contributed by atoms with van der Waals surface area (Å²) in [5.41, 5.74) is 7.83. The van der Waals surface area contributed by atoms with Gasteiger partial charge in [-0.1, -0.05) is 36.4 Å². The average Bonchev–Trinajstić information content (AvgIpc) is 3.09. The van der Waals surface area contributed by atoms with Crippen molar-refractivity contribution in [3.05, 3.63) is 71.6 Å². The van der Waals surface area contributed by atoms with Gasteiger partial charge in [-0.15, -0.1) is 0 Å². The highest BCUT2D eigenvalue weighted by Crippen LogP contribution is 2.35. The summed E-state index contributed by atoms with van der Waals surface area (Å²) in [5.74, 6) is -0.0304. The Morgan fingerprint density at radius 3 is 2.50 bits per heavy atom. The third-order valence-electron chi connectivity index (χ3n) is 7.02. The minimum absolute atomic E-state index is 0.358. The van der Waals surface area contributed by atoms with Gasteiger partial charge in [-0.05, 0) is 83.4 Å². The van der Waals surface area contributed by atoms with Crippen molar-refractivity contribution in [2.45, 2.75) is 57.7 Å². The SMILES string of the molecule is CC(C)(O)CN1CCCCN(C2C=CCC=C3C2C=CN3Cc2ccc(C(N)=O)cc2)CCC1. The van der Waals surface area contributed by atoms with Gasteiger partial charge in [0.05, 0.1) is 5.60 Å². The van der Waals surface area contributed by atoms with Crippen molar-refractivity contribution in [3.63, 3.8) is 0 Å². The Balaban J connectivity index is 1.41. The van der Waals surface area contributed by atoms with Gasteiger partial charge in [0.1, 0.15) is 0 Å². The van der Waals surface area contributed by atoms with Crippen LogP contribution in [0.4, 0.5) is 0 Å². The summed E-state index contributed by atoms with van der Waals surface area (Å²) in [4.78, 5) is 18.8. The summed E-state index contributed by atoms with van der Waals surface area (Å²) in [6, 6.07) is 7.98. The number of hydrogen-bond acceptors (Lipinski definition) is 5. The summed E-state index contributed by atoms with van der Waals surface area (Å²) in [6.45, 7) is 9.62. The van der Waals surface area contributed by atoms with E-state index in [4.69, 9.17) is 5.73 Å². The molecule has 0 saturated carbocycles. The van der Waals surface area contributed by atoms with Crippen LogP contribution in [-0.2, 0) is 6.54 Å². The van der Waals surface area contributed by atoms with E-state index in [0.717, 1.165) is 52.1 Å². The molecule has 1 amide bonds. The lowest BCUT2D eigenvalue weighted by molar-refractivity contribution is 0.0355. The lowest BCUT2D eigenvalue weighted by atomic mass is 9.95. The molecule has 0 spiro atoms. The van der Waals surface area contributed by atoms with Gasteiger partial charge in [0.2, 0.25) is 5.91 Å². The minimum atomic E-state index is -0.643. The molecule has 1 aliphatic carbocycles. The highest BCUT2D eigenvalue weighted by molar-refractivity contribution is 5.92. The van der Waals surface area contributed by atoms with Gasteiger partial charge in [0, 0.05) is 42.5 Å². The molecule has 1 fully saturated rings. The average molecular weight is 465 g/mol. The number of amides is 1. The molecule has 1 saturated heterocycles. The van der Waals surface area contributed by atoms with Crippen LogP contribution in [0.15, 0.2) is 60.5 Å². The fourth-order valence-electron chi connectivity index (χ4n) is 5.48. The van der Waals surface area contributed by atoms with E-state index in [0.29, 0.717) is 17.5 Å². The second-order valence-electron chi connectivity index (χ2n) is 10.5. The largest absolute Gasteiger partial charge is 0.389 e. The summed E-state index contributed by atoms with van der Waals surface area (Å²) >= 11 is 0. The van der Waals surface area contributed by atoms with Crippen molar-refractivity contribution in [2.75, 3.05) is 32.7 Å². The molecule has 0 aromatic heterocycles. The molecule has 3 aliphatic rings. The van der Waals surface area contributed by atoms with Crippen LogP contribution in [0.2, 0.25) is 0 Å². The third kappa shape index (κ3) is 6.38. The number of carbonyl (C=O) groups excluding carboxylic acids is 1. The highest BCUT2D eigenvalue weighted by atomic mass is 16.3. The molecule has 1 aromatic rings. The van der Waals surface area contributed by atoms with Gasteiger partial charge >= 0.3 is 0 Å². The molecule has 2 aliphatic heterocycles. The van der Waals surface area contributed by atoms with Crippen LogP contribution in [0.25, 0.3) is 0 Å². The second-order valence-corrected chi connectivity index (χ2v) is 10.5. The standard InChI is InChI=1S/C28H40N4O2/c1-28(2,34)21-30-15-5-6-17-31(18-7-16-30)25-8-3-4-9-26-24(25)14-19-32(26)20-22-10-12-23(13-11-22)27(29)33/h3,8-14,19,24-25,34H,4-7,15-18,20-21H2,1-2H3,(H2,29,33). The van der Waals surface area contributed by atoms with E-state index in [2.05, 4.69) is 45.2 Å². The Morgan fingerprint density at radius 2 is 1.76 bits per heavy atom. The monoisotopic (exact) mass is 464 g/mol. The van der Waals surface area contributed by atoms with Crippen LogP contribution in [0, 0.1) is 5.92 Å². The van der Waals surface area contributed by atoms with E-state index in [1.807, 2.05) is 38.1 Å². The van der Waals surface area contributed by atoms with Gasteiger partial charge in [0.25, 0.3) is 0 Å². The topological polar surface area (TPSA) is 73.0 Å². The van der Waals surface area contributed by atoms with E-state index in [-0.39, 0.29) is 5.91 Å². The van der Waals surface area contributed by atoms with Crippen molar-refractivity contribution in [1.29, 1.82) is 0 Å². The molecular weight excluding hydrogens is 424 g/mol. The summed E-state index contributed by atoms with van der Waals surface area (Å²) in [5, 5.41) is 10.3. The molecule has 2 unspecified atom stereocenters. The van der Waals surface area contributed by atoms with Crippen LogP contribution >= 0.6 is 0 Å². The predicted octanol–water partition coefficient (Wildman–Crippen LogP) is 3.50. The molecule has 6 heteroatoms. The first-order valence-corrected chi connectivity index (χ1v) is 12.7. The van der Waals surface area contributed by atoms with Crippen LogP contribution in [0.3, 0.4) is 0 Å². The normalized spacial score (nSPS) is 24.7. The molecule has 4 rings (SSSR count). The molecule has 0 bridgehead atoms. The first kappa shape index (κ1) is 24.7. The van der Waals surface area contributed by atoms with Crippen LogP contribution in [0.5, 0.6) is 0 Å². The molecular formula is C28H40N4O2. The van der Waals surface area contributed by atoms with Gasteiger partial charge in [-0.3, -0.25) is 9.69 Å². The van der Waals surface area contributed by atoms with Gasteiger partial charge < -0.3 is 20.6 Å². The van der Waals surface area contributed by atoms with E-state index < -0.39 is 5.60 Å². The van der Waals surface area contributed by atoms with Crippen LogP contribution in [-0.4, -0.2) is 70.1 Å². The zero-order chi connectivity index (χ0) is 24.1. The quantitative estimate of drug-likeness (QED) is 0.631. The molecule has 34 heavy (non-hydrogen) atoms. The maximum atomic E-state index is 11.4. The number of allylic oxidation sites excluding steroid dienone is 2. The lowest BCUT2D eigenvalue weighted by Crippen LogP contribution is -2.42. The third-order valence-corrected chi connectivity index (χ3v) is 7.02. The first-order valence-electron chi connectivity index (χ1n) is 12.7. The van der Waals surface area contributed by atoms with Gasteiger partial charge in [0.15, 0.2) is 0 Å². The number of rotatable bonds is 6. The Morgan fingerprint density at radius 1 is 1.06 bits per heavy atom. The second kappa shape index (κ2) is 10.9. The van der Waals surface area contributed by atoms with Crippen molar-refractivity contribution in [1.82, 2.24) is 14.7 Å². The predicted molar refractivity (Wildman–Crippen MR) is 137 cm³/mol. The zero-order valence-corrected chi connectivity index (χ0v) is 20.7. The smallest absolute Gasteiger partial charge is 0.248 e. The number of benzene rings is 1. The summed E-state index contributed by atoms with van der Waals surface area (Å²) in [7, 11) is 0. The van der Waals surface area contributed by atoms with Gasteiger partial charge in [-0.2, -0.15) is 0 Å². The number of primary amides is 1. The van der Waals surface area contributed by atoms with Crippen molar-refractivity contribution < 1.29 is 9.90 Å². The van der Waals surface area contributed by atoms with Crippen molar-refractivity contribution in [3.8, 4) is 0 Å². The molecule has 2 atom stereocenters. The Labute approximate surface area is 204 Å². The molecule has 184 valence electrons. The molecule has 0 radical (unpaired) electrons. The molecule has 2 heterocycles. The van der Waals surface area contributed by atoms with E-state index in [1.165, 1.54) is 24.1 Å². The number of nitrogens with two attached hydrogens (primary N) is 1.